The third-order valence-electron chi connectivity index (χ3n) is 5.39. The van der Waals surface area contributed by atoms with E-state index < -0.39 is 5.91 Å². The van der Waals surface area contributed by atoms with Gasteiger partial charge in [0.05, 0.1) is 11.1 Å². The summed E-state index contributed by atoms with van der Waals surface area (Å²) < 4.78 is 6.74. The van der Waals surface area contributed by atoms with Crippen LogP contribution < -0.4 is 10.9 Å². The van der Waals surface area contributed by atoms with Crippen LogP contribution >= 0.6 is 0 Å². The number of rotatable bonds is 4. The molecule has 0 radical (unpaired) electrons. The molecule has 8 heteroatoms. The van der Waals surface area contributed by atoms with Crippen molar-refractivity contribution < 1.29 is 14.0 Å². The van der Waals surface area contributed by atoms with Gasteiger partial charge in [-0.25, -0.2) is 4.68 Å². The Hall–Kier alpha value is -3.29. The fraction of sp³-hybridized carbons (Fsp3) is 0.381. The van der Waals surface area contributed by atoms with Crippen molar-refractivity contribution in [1.82, 2.24) is 14.8 Å². The van der Waals surface area contributed by atoms with Crippen molar-refractivity contribution in [2.75, 3.05) is 5.32 Å². The van der Waals surface area contributed by atoms with Crippen molar-refractivity contribution in [2.45, 2.75) is 40.2 Å². The predicted octanol–water partition coefficient (Wildman–Crippen LogP) is 2.73. The standard InChI is InChI=1S/C21H22N4O4/c1-11(2)13-8-16(26)19-17(9-13)29-21(23-19)22-18(27)10-25-20(28)15-7-5-4-6-14(15)12(3)24-25/h4-7,11,13H,8-10H2,1-3H3,(H,22,23,27). The molecule has 0 saturated heterocycles. The Bertz CT molecular complexity index is 1180. The number of aromatic nitrogens is 3. The van der Waals surface area contributed by atoms with E-state index in [2.05, 4.69) is 29.2 Å². The maximum Gasteiger partial charge on any atom is 0.302 e. The largest absolute Gasteiger partial charge is 0.428 e. The molecule has 1 aliphatic carbocycles. The summed E-state index contributed by atoms with van der Waals surface area (Å²) in [5.41, 5.74) is 0.599. The Morgan fingerprint density at radius 3 is 2.69 bits per heavy atom. The normalized spacial score (nSPS) is 16.3. The maximum absolute atomic E-state index is 12.6. The quantitative estimate of drug-likeness (QED) is 0.729. The van der Waals surface area contributed by atoms with Crippen LogP contribution in [-0.2, 0) is 17.8 Å². The Kier molecular flexibility index (Phi) is 4.77. The van der Waals surface area contributed by atoms with Gasteiger partial charge < -0.3 is 4.42 Å². The van der Waals surface area contributed by atoms with E-state index in [0.29, 0.717) is 35.6 Å². The Morgan fingerprint density at radius 2 is 1.97 bits per heavy atom. The molecular weight excluding hydrogens is 372 g/mol. The number of carbonyl (C=O) groups excluding carboxylic acids is 2. The first-order valence-electron chi connectivity index (χ1n) is 9.62. The van der Waals surface area contributed by atoms with Gasteiger partial charge in [-0.1, -0.05) is 32.0 Å². The minimum Gasteiger partial charge on any atom is -0.428 e. The van der Waals surface area contributed by atoms with Crippen molar-refractivity contribution in [3.63, 3.8) is 0 Å². The van der Waals surface area contributed by atoms with Crippen molar-refractivity contribution in [2.24, 2.45) is 11.8 Å². The predicted molar refractivity (Wildman–Crippen MR) is 107 cm³/mol. The Labute approximate surface area is 166 Å². The second kappa shape index (κ2) is 7.27. The molecule has 2 heterocycles. The zero-order valence-electron chi connectivity index (χ0n) is 16.6. The van der Waals surface area contributed by atoms with Crippen LogP contribution in [0.3, 0.4) is 0 Å². The second-order valence-corrected chi connectivity index (χ2v) is 7.77. The van der Waals surface area contributed by atoms with Gasteiger partial charge in [-0.2, -0.15) is 10.1 Å². The maximum atomic E-state index is 12.6. The number of nitrogens with zero attached hydrogens (tertiary/aromatic N) is 3. The third-order valence-corrected chi connectivity index (χ3v) is 5.39. The molecule has 0 spiro atoms. The van der Waals surface area contributed by atoms with Crippen LogP contribution in [0.25, 0.3) is 10.8 Å². The van der Waals surface area contributed by atoms with Gasteiger partial charge >= 0.3 is 6.01 Å². The molecule has 0 saturated carbocycles. The van der Waals surface area contributed by atoms with Crippen LogP contribution in [0.15, 0.2) is 33.5 Å². The van der Waals surface area contributed by atoms with Gasteiger partial charge in [0, 0.05) is 18.2 Å². The molecule has 0 bridgehead atoms. The number of carbonyl (C=O) groups is 2. The van der Waals surface area contributed by atoms with E-state index >= 15 is 0 Å². The van der Waals surface area contributed by atoms with Crippen molar-refractivity contribution in [3.8, 4) is 0 Å². The lowest BCUT2D eigenvalue weighted by Gasteiger charge is -2.22. The number of hydrogen-bond donors (Lipinski definition) is 1. The van der Waals surface area contributed by atoms with Crippen LogP contribution in [0.2, 0.25) is 0 Å². The third kappa shape index (κ3) is 3.57. The summed E-state index contributed by atoms with van der Waals surface area (Å²) in [5, 5.41) is 8.03. The van der Waals surface area contributed by atoms with E-state index in [0.717, 1.165) is 10.1 Å². The number of anilines is 1. The average Bonchev–Trinajstić information content (AvgIpc) is 3.08. The molecule has 0 aliphatic heterocycles. The Balaban J connectivity index is 1.54. The van der Waals surface area contributed by atoms with E-state index in [1.807, 2.05) is 12.1 Å². The molecule has 150 valence electrons. The van der Waals surface area contributed by atoms with Crippen LogP contribution in [-0.4, -0.2) is 26.5 Å². The average molecular weight is 394 g/mol. The number of amides is 1. The lowest BCUT2D eigenvalue weighted by Crippen LogP contribution is -2.30. The number of ketones is 1. The molecule has 3 aromatic rings. The highest BCUT2D eigenvalue weighted by Gasteiger charge is 2.32. The smallest absolute Gasteiger partial charge is 0.302 e. The van der Waals surface area contributed by atoms with E-state index in [1.54, 1.807) is 19.1 Å². The molecular formula is C21H22N4O4. The van der Waals surface area contributed by atoms with Gasteiger partial charge in [-0.3, -0.25) is 19.7 Å². The molecule has 1 amide bonds. The topological polar surface area (TPSA) is 107 Å². The summed E-state index contributed by atoms with van der Waals surface area (Å²) in [6, 6.07) is 7.11. The summed E-state index contributed by atoms with van der Waals surface area (Å²) in [6.07, 6.45) is 1.05. The van der Waals surface area contributed by atoms with Gasteiger partial charge in [0.2, 0.25) is 5.91 Å². The highest BCUT2D eigenvalue weighted by atomic mass is 16.4. The zero-order chi connectivity index (χ0) is 20.7. The van der Waals surface area contributed by atoms with Gasteiger partial charge in [-0.05, 0) is 24.8 Å². The van der Waals surface area contributed by atoms with E-state index in [-0.39, 0.29) is 35.5 Å². The summed E-state index contributed by atoms with van der Waals surface area (Å²) in [7, 11) is 0. The highest BCUT2D eigenvalue weighted by Crippen LogP contribution is 2.31. The molecule has 1 N–H and O–H groups in total. The lowest BCUT2D eigenvalue weighted by atomic mass is 9.82. The molecule has 29 heavy (non-hydrogen) atoms. The molecule has 2 aromatic heterocycles. The minimum absolute atomic E-state index is 0.0247. The zero-order valence-corrected chi connectivity index (χ0v) is 16.6. The van der Waals surface area contributed by atoms with Gasteiger partial charge in [0.1, 0.15) is 18.0 Å². The molecule has 1 unspecified atom stereocenters. The molecule has 1 atom stereocenters. The minimum atomic E-state index is -0.499. The highest BCUT2D eigenvalue weighted by molar-refractivity contribution is 5.97. The number of benzene rings is 1. The summed E-state index contributed by atoms with van der Waals surface area (Å²) in [4.78, 5) is 41.5. The first-order valence-corrected chi connectivity index (χ1v) is 9.62. The molecule has 0 fully saturated rings. The fourth-order valence-corrected chi connectivity index (χ4v) is 3.68. The monoisotopic (exact) mass is 394 g/mol. The van der Waals surface area contributed by atoms with Crippen LogP contribution in [0.4, 0.5) is 6.01 Å². The van der Waals surface area contributed by atoms with E-state index in [1.165, 1.54) is 0 Å². The Morgan fingerprint density at radius 1 is 1.24 bits per heavy atom. The van der Waals surface area contributed by atoms with Gasteiger partial charge in [-0.15, -0.1) is 0 Å². The summed E-state index contributed by atoms with van der Waals surface area (Å²) >= 11 is 0. The van der Waals surface area contributed by atoms with Crippen molar-refractivity contribution >= 4 is 28.5 Å². The number of nitrogens with one attached hydrogen (secondary N) is 1. The van der Waals surface area contributed by atoms with Crippen LogP contribution in [0, 0.1) is 18.8 Å². The van der Waals surface area contributed by atoms with E-state index in [9.17, 15) is 14.4 Å². The molecule has 8 nitrogen and oxygen atoms in total. The number of Topliss-reactive ketones (excluding diaryl/α,β-unsaturated/α-hetero) is 1. The first-order chi connectivity index (χ1) is 13.8. The SMILES string of the molecule is Cc1nn(CC(=O)Nc2nc3c(o2)CC(C(C)C)CC3=O)c(=O)c2ccccc12. The molecule has 1 aromatic carbocycles. The van der Waals surface area contributed by atoms with E-state index in [4.69, 9.17) is 4.42 Å². The number of aryl methyl sites for hydroxylation is 1. The van der Waals surface area contributed by atoms with Gasteiger partial charge in [0.25, 0.3) is 5.56 Å². The second-order valence-electron chi connectivity index (χ2n) is 7.77. The van der Waals surface area contributed by atoms with Gasteiger partial charge in [0.15, 0.2) is 5.78 Å². The van der Waals surface area contributed by atoms with Crippen molar-refractivity contribution in [3.05, 3.63) is 51.8 Å². The van der Waals surface area contributed by atoms with Crippen LogP contribution in [0.1, 0.15) is 42.2 Å². The molecule has 1 aliphatic rings. The molecule has 4 rings (SSSR count). The first kappa shape index (κ1) is 19.0. The summed E-state index contributed by atoms with van der Waals surface area (Å²) in [6.45, 7) is 5.64. The number of fused-ring (bicyclic) bond motifs is 2. The fourth-order valence-electron chi connectivity index (χ4n) is 3.68. The lowest BCUT2D eigenvalue weighted by molar-refractivity contribution is -0.117. The van der Waals surface area contributed by atoms with Crippen molar-refractivity contribution in [1.29, 1.82) is 0 Å². The number of oxazole rings is 1. The summed E-state index contributed by atoms with van der Waals surface area (Å²) in [5.74, 6) is 0.490. The number of hydrogen-bond acceptors (Lipinski definition) is 6. The van der Waals surface area contributed by atoms with Crippen LogP contribution in [0.5, 0.6) is 0 Å².